The Balaban J connectivity index is 1.43. The van der Waals surface area contributed by atoms with Gasteiger partial charge in [0.25, 0.3) is 0 Å². The van der Waals surface area contributed by atoms with Crippen LogP contribution in [0.25, 0.3) is 17.1 Å². The molecule has 186 valence electrons. The van der Waals surface area contributed by atoms with Crippen LogP contribution in [-0.4, -0.2) is 54.3 Å². The molecule has 0 aliphatic carbocycles. The smallest absolute Gasteiger partial charge is 0.230 e. The molecule has 0 saturated heterocycles. The topological polar surface area (TPSA) is 87.5 Å². The van der Waals surface area contributed by atoms with Gasteiger partial charge in [0.1, 0.15) is 5.75 Å². The molecular weight excluding hydrogens is 476 g/mol. The molecule has 0 atom stereocenters. The summed E-state index contributed by atoms with van der Waals surface area (Å²) >= 11 is 1.34. The van der Waals surface area contributed by atoms with Crippen LogP contribution in [0.5, 0.6) is 17.2 Å². The summed E-state index contributed by atoms with van der Waals surface area (Å²) in [4.78, 5) is 12.6. The predicted molar refractivity (Wildman–Crippen MR) is 140 cm³/mol. The Morgan fingerprint density at radius 2 is 1.69 bits per heavy atom. The number of thioether (sulfide) groups is 1. The first-order valence-electron chi connectivity index (χ1n) is 11.4. The summed E-state index contributed by atoms with van der Waals surface area (Å²) in [7, 11) is 4.84. The largest absolute Gasteiger partial charge is 0.497 e. The maximum Gasteiger partial charge on any atom is 0.230 e. The van der Waals surface area contributed by atoms with E-state index in [0.29, 0.717) is 35.4 Å². The SMILES string of the molecule is COc1cccc(-c2nnc(SCC(=O)NCCc3ccc(OC)c(OC)c3)n2-c2ccccc2)c1. The number of carbonyl (C=O) groups excluding carboxylic acids is 1. The summed E-state index contributed by atoms with van der Waals surface area (Å²) < 4.78 is 18.0. The number of methoxy groups -OCH3 is 3. The zero-order valence-corrected chi connectivity index (χ0v) is 21.2. The standard InChI is InChI=1S/C27H28N4O4S/c1-33-22-11-7-8-20(17-22)26-29-30-27(31(26)21-9-5-4-6-10-21)36-18-25(32)28-15-14-19-12-13-23(34-2)24(16-19)35-3/h4-13,16-17H,14-15,18H2,1-3H3,(H,28,32). The Morgan fingerprint density at radius 1 is 0.889 bits per heavy atom. The van der Waals surface area contributed by atoms with Gasteiger partial charge in [0, 0.05) is 17.8 Å². The van der Waals surface area contributed by atoms with Crippen LogP contribution in [0.15, 0.2) is 78.0 Å². The van der Waals surface area contributed by atoms with E-state index >= 15 is 0 Å². The lowest BCUT2D eigenvalue weighted by molar-refractivity contribution is -0.118. The summed E-state index contributed by atoms with van der Waals surface area (Å²) in [5.41, 5.74) is 2.83. The van der Waals surface area contributed by atoms with Gasteiger partial charge in [-0.2, -0.15) is 0 Å². The summed E-state index contributed by atoms with van der Waals surface area (Å²) in [5.74, 6) is 2.90. The number of nitrogens with zero attached hydrogens (tertiary/aromatic N) is 3. The summed E-state index contributed by atoms with van der Waals surface area (Å²) in [6.45, 7) is 0.509. The second-order valence-corrected chi connectivity index (χ2v) is 8.73. The number of hydrogen-bond donors (Lipinski definition) is 1. The van der Waals surface area contributed by atoms with Gasteiger partial charge in [-0.25, -0.2) is 0 Å². The number of carbonyl (C=O) groups is 1. The fourth-order valence-corrected chi connectivity index (χ4v) is 4.47. The van der Waals surface area contributed by atoms with Gasteiger partial charge in [-0.05, 0) is 48.4 Å². The highest BCUT2D eigenvalue weighted by atomic mass is 32.2. The number of benzene rings is 3. The summed E-state index contributed by atoms with van der Waals surface area (Å²) in [6, 6.07) is 23.3. The van der Waals surface area contributed by atoms with Gasteiger partial charge in [-0.1, -0.05) is 48.2 Å². The van der Waals surface area contributed by atoms with Crippen LogP contribution in [0.1, 0.15) is 5.56 Å². The molecule has 0 radical (unpaired) electrons. The molecule has 0 spiro atoms. The number of hydrogen-bond acceptors (Lipinski definition) is 7. The molecule has 0 unspecified atom stereocenters. The zero-order valence-electron chi connectivity index (χ0n) is 20.4. The van der Waals surface area contributed by atoms with E-state index in [2.05, 4.69) is 15.5 Å². The zero-order chi connectivity index (χ0) is 25.3. The third kappa shape index (κ3) is 5.98. The van der Waals surface area contributed by atoms with E-state index in [4.69, 9.17) is 14.2 Å². The lowest BCUT2D eigenvalue weighted by Crippen LogP contribution is -2.27. The molecule has 8 nitrogen and oxygen atoms in total. The second-order valence-electron chi connectivity index (χ2n) is 7.79. The summed E-state index contributed by atoms with van der Waals surface area (Å²) in [6.07, 6.45) is 0.678. The van der Waals surface area contributed by atoms with E-state index in [-0.39, 0.29) is 11.7 Å². The van der Waals surface area contributed by atoms with Crippen LogP contribution in [0, 0.1) is 0 Å². The van der Waals surface area contributed by atoms with Crippen molar-refractivity contribution in [2.75, 3.05) is 33.6 Å². The minimum atomic E-state index is -0.0778. The Kier molecular flexibility index (Phi) is 8.46. The van der Waals surface area contributed by atoms with Gasteiger partial charge in [0.05, 0.1) is 27.1 Å². The van der Waals surface area contributed by atoms with Crippen molar-refractivity contribution >= 4 is 17.7 Å². The van der Waals surface area contributed by atoms with Crippen molar-refractivity contribution in [2.24, 2.45) is 0 Å². The Hall–Kier alpha value is -3.98. The van der Waals surface area contributed by atoms with E-state index in [9.17, 15) is 4.79 Å². The first kappa shape index (κ1) is 25.1. The van der Waals surface area contributed by atoms with E-state index in [0.717, 1.165) is 22.6 Å². The number of para-hydroxylation sites is 1. The minimum absolute atomic E-state index is 0.0778. The van der Waals surface area contributed by atoms with Crippen LogP contribution >= 0.6 is 11.8 Å². The minimum Gasteiger partial charge on any atom is -0.497 e. The van der Waals surface area contributed by atoms with Crippen LogP contribution < -0.4 is 19.5 Å². The molecule has 3 aromatic carbocycles. The number of ether oxygens (including phenoxy) is 3. The van der Waals surface area contributed by atoms with E-state index in [1.807, 2.05) is 77.4 Å². The average Bonchev–Trinajstić information content (AvgIpc) is 3.36. The van der Waals surface area contributed by atoms with Crippen LogP contribution in [-0.2, 0) is 11.2 Å². The number of aromatic nitrogens is 3. The first-order valence-corrected chi connectivity index (χ1v) is 12.4. The highest BCUT2D eigenvalue weighted by Crippen LogP contribution is 2.30. The number of nitrogens with one attached hydrogen (secondary N) is 1. The molecule has 4 aromatic rings. The van der Waals surface area contributed by atoms with Crippen molar-refractivity contribution in [1.29, 1.82) is 0 Å². The number of amides is 1. The molecular formula is C27H28N4O4S. The molecule has 0 aliphatic heterocycles. The van der Waals surface area contributed by atoms with Crippen LogP contribution in [0.4, 0.5) is 0 Å². The molecule has 4 rings (SSSR count). The molecule has 1 heterocycles. The lowest BCUT2D eigenvalue weighted by atomic mass is 10.1. The van der Waals surface area contributed by atoms with E-state index in [1.165, 1.54) is 11.8 Å². The third-order valence-electron chi connectivity index (χ3n) is 5.49. The highest BCUT2D eigenvalue weighted by Gasteiger charge is 2.17. The first-order chi connectivity index (χ1) is 17.6. The highest BCUT2D eigenvalue weighted by molar-refractivity contribution is 7.99. The molecule has 1 aromatic heterocycles. The molecule has 0 fully saturated rings. The van der Waals surface area contributed by atoms with Gasteiger partial charge < -0.3 is 19.5 Å². The Bertz CT molecular complexity index is 1310. The normalized spacial score (nSPS) is 10.6. The van der Waals surface area contributed by atoms with Gasteiger partial charge in [0.15, 0.2) is 22.5 Å². The molecule has 0 saturated carbocycles. The third-order valence-corrected chi connectivity index (χ3v) is 6.42. The number of rotatable bonds is 11. The fourth-order valence-electron chi connectivity index (χ4n) is 3.69. The quantitative estimate of drug-likeness (QED) is 0.303. The Labute approximate surface area is 214 Å². The molecule has 36 heavy (non-hydrogen) atoms. The van der Waals surface area contributed by atoms with E-state index in [1.54, 1.807) is 21.3 Å². The Morgan fingerprint density at radius 3 is 2.44 bits per heavy atom. The maximum absolute atomic E-state index is 12.6. The monoisotopic (exact) mass is 504 g/mol. The fraction of sp³-hybridized carbons (Fsp3) is 0.222. The molecule has 1 amide bonds. The van der Waals surface area contributed by atoms with Crippen LogP contribution in [0.2, 0.25) is 0 Å². The average molecular weight is 505 g/mol. The van der Waals surface area contributed by atoms with Crippen molar-refractivity contribution in [1.82, 2.24) is 20.1 Å². The molecule has 9 heteroatoms. The van der Waals surface area contributed by atoms with Gasteiger partial charge in [-0.15, -0.1) is 10.2 Å². The summed E-state index contributed by atoms with van der Waals surface area (Å²) in [5, 5.41) is 12.4. The molecule has 1 N–H and O–H groups in total. The lowest BCUT2D eigenvalue weighted by Gasteiger charge is -2.11. The van der Waals surface area contributed by atoms with Crippen molar-refractivity contribution < 1.29 is 19.0 Å². The van der Waals surface area contributed by atoms with Crippen molar-refractivity contribution in [2.45, 2.75) is 11.6 Å². The predicted octanol–water partition coefficient (Wildman–Crippen LogP) is 4.41. The molecule has 0 bridgehead atoms. The second kappa shape index (κ2) is 12.1. The van der Waals surface area contributed by atoms with Crippen molar-refractivity contribution in [3.8, 4) is 34.3 Å². The molecule has 0 aliphatic rings. The maximum atomic E-state index is 12.6. The van der Waals surface area contributed by atoms with Gasteiger partial charge in [-0.3, -0.25) is 9.36 Å². The van der Waals surface area contributed by atoms with Gasteiger partial charge >= 0.3 is 0 Å². The van der Waals surface area contributed by atoms with Crippen molar-refractivity contribution in [3.05, 3.63) is 78.4 Å². The van der Waals surface area contributed by atoms with Gasteiger partial charge in [0.2, 0.25) is 5.91 Å². The van der Waals surface area contributed by atoms with Crippen molar-refractivity contribution in [3.63, 3.8) is 0 Å². The van der Waals surface area contributed by atoms with E-state index < -0.39 is 0 Å². The van der Waals surface area contributed by atoms with Crippen LogP contribution in [0.3, 0.4) is 0 Å².